The van der Waals surface area contributed by atoms with E-state index in [0.717, 1.165) is 17.5 Å². The molecular weight excluding hydrogens is 316 g/mol. The lowest BCUT2D eigenvalue weighted by Crippen LogP contribution is -2.28. The molecule has 0 aliphatic rings. The second-order valence-electron chi connectivity index (χ2n) is 6.09. The van der Waals surface area contributed by atoms with Crippen LogP contribution in [0.3, 0.4) is 0 Å². The van der Waals surface area contributed by atoms with Crippen molar-refractivity contribution >= 4 is 5.91 Å². The van der Waals surface area contributed by atoms with E-state index in [9.17, 15) is 9.90 Å². The summed E-state index contributed by atoms with van der Waals surface area (Å²) in [6.45, 7) is 2.65. The number of aromatic hydroxyl groups is 1. The van der Waals surface area contributed by atoms with Crippen molar-refractivity contribution in [1.29, 1.82) is 0 Å². The van der Waals surface area contributed by atoms with Crippen LogP contribution in [0.2, 0.25) is 0 Å². The second kappa shape index (κ2) is 9.08. The molecule has 0 aromatic heterocycles. The molecule has 2 aromatic carbocycles. The summed E-state index contributed by atoms with van der Waals surface area (Å²) in [6.07, 6.45) is 0.857. The zero-order valence-electron chi connectivity index (χ0n) is 15.0. The molecule has 0 spiro atoms. The lowest BCUT2D eigenvalue weighted by Gasteiger charge is -2.21. The first-order chi connectivity index (χ1) is 12.0. The van der Waals surface area contributed by atoms with E-state index in [1.165, 1.54) is 4.90 Å². The number of phenolic OH excluding ortho intramolecular Hbond substituents is 1. The number of nitrogens with one attached hydrogen (secondary N) is 1. The molecule has 1 amide bonds. The van der Waals surface area contributed by atoms with Gasteiger partial charge in [-0.15, -0.1) is 0 Å². The quantitative estimate of drug-likeness (QED) is 0.774. The molecule has 0 saturated heterocycles. The lowest BCUT2D eigenvalue weighted by molar-refractivity contribution is -0.130. The van der Waals surface area contributed by atoms with Gasteiger partial charge in [0.05, 0.1) is 0 Å². The second-order valence-corrected chi connectivity index (χ2v) is 6.09. The maximum absolute atomic E-state index is 11.8. The van der Waals surface area contributed by atoms with Gasteiger partial charge in [-0.2, -0.15) is 0 Å². The topological polar surface area (TPSA) is 61.8 Å². The van der Waals surface area contributed by atoms with E-state index in [2.05, 4.69) is 12.2 Å². The van der Waals surface area contributed by atoms with Gasteiger partial charge in [-0.05, 0) is 18.6 Å². The standard InChI is InChI=1S/C20H26N2O3/c1-4-17(21-13-15-9-5-7-11-18(15)23)16-10-6-8-12-19(16)25-14-20(24)22(2)3/h5-12,17,21,23H,4,13-14H2,1-3H3/t17-/m0/s1. The van der Waals surface area contributed by atoms with Crippen molar-refractivity contribution < 1.29 is 14.6 Å². The largest absolute Gasteiger partial charge is 0.508 e. The Balaban J connectivity index is 2.09. The molecule has 25 heavy (non-hydrogen) atoms. The molecule has 0 aliphatic carbocycles. The third kappa shape index (κ3) is 5.22. The van der Waals surface area contributed by atoms with Crippen LogP contribution in [0, 0.1) is 0 Å². The van der Waals surface area contributed by atoms with Crippen LogP contribution < -0.4 is 10.1 Å². The van der Waals surface area contributed by atoms with Gasteiger partial charge in [-0.1, -0.05) is 43.3 Å². The monoisotopic (exact) mass is 342 g/mol. The molecule has 2 aromatic rings. The molecule has 0 bridgehead atoms. The SMILES string of the molecule is CC[C@H](NCc1ccccc1O)c1ccccc1OCC(=O)N(C)C. The summed E-state index contributed by atoms with van der Waals surface area (Å²) < 4.78 is 5.74. The minimum atomic E-state index is -0.0787. The summed E-state index contributed by atoms with van der Waals surface area (Å²) >= 11 is 0. The van der Waals surface area contributed by atoms with Crippen molar-refractivity contribution in [2.75, 3.05) is 20.7 Å². The Bertz CT molecular complexity index is 701. The highest BCUT2D eigenvalue weighted by Crippen LogP contribution is 2.28. The van der Waals surface area contributed by atoms with Crippen LogP contribution >= 0.6 is 0 Å². The van der Waals surface area contributed by atoms with E-state index in [4.69, 9.17) is 4.74 Å². The highest BCUT2D eigenvalue weighted by molar-refractivity contribution is 5.77. The highest BCUT2D eigenvalue weighted by atomic mass is 16.5. The molecule has 5 nitrogen and oxygen atoms in total. The average molecular weight is 342 g/mol. The highest BCUT2D eigenvalue weighted by Gasteiger charge is 2.16. The predicted octanol–water partition coefficient (Wildman–Crippen LogP) is 3.10. The van der Waals surface area contributed by atoms with Crippen LogP contribution in [0.5, 0.6) is 11.5 Å². The molecule has 0 radical (unpaired) electrons. The number of amides is 1. The van der Waals surface area contributed by atoms with Crippen LogP contribution in [-0.2, 0) is 11.3 Å². The number of carbonyl (C=O) groups is 1. The van der Waals surface area contributed by atoms with E-state index in [0.29, 0.717) is 12.3 Å². The number of hydrogen-bond donors (Lipinski definition) is 2. The molecule has 1 atom stereocenters. The first kappa shape index (κ1) is 18.8. The molecule has 0 fully saturated rings. The summed E-state index contributed by atoms with van der Waals surface area (Å²) in [5.41, 5.74) is 1.86. The minimum absolute atomic E-state index is 0.0138. The first-order valence-electron chi connectivity index (χ1n) is 8.45. The van der Waals surface area contributed by atoms with Crippen LogP contribution in [-0.4, -0.2) is 36.6 Å². The van der Waals surface area contributed by atoms with Crippen molar-refractivity contribution in [2.24, 2.45) is 0 Å². The summed E-state index contributed by atoms with van der Waals surface area (Å²) in [6, 6.07) is 15.1. The molecule has 134 valence electrons. The molecule has 2 rings (SSSR count). The van der Waals surface area contributed by atoms with E-state index >= 15 is 0 Å². The van der Waals surface area contributed by atoms with Gasteiger partial charge in [0.1, 0.15) is 11.5 Å². The maximum Gasteiger partial charge on any atom is 0.259 e. The fourth-order valence-electron chi connectivity index (χ4n) is 2.54. The van der Waals surface area contributed by atoms with Gasteiger partial charge in [0, 0.05) is 37.8 Å². The Hall–Kier alpha value is -2.53. The molecule has 2 N–H and O–H groups in total. The van der Waals surface area contributed by atoms with Crippen LogP contribution in [0.25, 0.3) is 0 Å². The number of hydrogen-bond acceptors (Lipinski definition) is 4. The third-order valence-electron chi connectivity index (χ3n) is 4.08. The van der Waals surface area contributed by atoms with Gasteiger partial charge >= 0.3 is 0 Å². The van der Waals surface area contributed by atoms with Gasteiger partial charge < -0.3 is 20.1 Å². The van der Waals surface area contributed by atoms with Crippen molar-refractivity contribution in [3.05, 3.63) is 59.7 Å². The Kier molecular flexibility index (Phi) is 6.83. The summed E-state index contributed by atoms with van der Waals surface area (Å²) in [5.74, 6) is 0.908. The van der Waals surface area contributed by atoms with Gasteiger partial charge in [0.2, 0.25) is 0 Å². The van der Waals surface area contributed by atoms with Crippen molar-refractivity contribution in [2.45, 2.75) is 25.9 Å². The molecule has 0 aliphatic heterocycles. The number of benzene rings is 2. The van der Waals surface area contributed by atoms with Crippen LogP contribution in [0.15, 0.2) is 48.5 Å². The summed E-state index contributed by atoms with van der Waals surface area (Å²) in [7, 11) is 3.42. The number of nitrogens with zero attached hydrogens (tertiary/aromatic N) is 1. The van der Waals surface area contributed by atoms with E-state index in [-0.39, 0.29) is 24.3 Å². The number of rotatable bonds is 8. The van der Waals surface area contributed by atoms with Crippen molar-refractivity contribution in [3.8, 4) is 11.5 Å². The fraction of sp³-hybridized carbons (Fsp3) is 0.350. The molecule has 0 saturated carbocycles. The Morgan fingerprint density at radius 2 is 1.84 bits per heavy atom. The van der Waals surface area contributed by atoms with Gasteiger partial charge in [0.25, 0.3) is 5.91 Å². The fourth-order valence-corrected chi connectivity index (χ4v) is 2.54. The Morgan fingerprint density at radius 3 is 2.52 bits per heavy atom. The Labute approximate surface area is 149 Å². The molecule has 0 heterocycles. The molecular formula is C20H26N2O3. The number of ether oxygens (including phenoxy) is 1. The lowest BCUT2D eigenvalue weighted by atomic mass is 10.0. The van der Waals surface area contributed by atoms with Crippen LogP contribution in [0.1, 0.15) is 30.5 Å². The maximum atomic E-state index is 11.8. The molecule has 0 unspecified atom stereocenters. The number of likely N-dealkylation sites (N-methyl/N-ethyl adjacent to an activating group) is 1. The zero-order valence-corrected chi connectivity index (χ0v) is 15.0. The minimum Gasteiger partial charge on any atom is -0.508 e. The van der Waals surface area contributed by atoms with Crippen molar-refractivity contribution in [3.63, 3.8) is 0 Å². The normalized spacial score (nSPS) is 11.8. The first-order valence-corrected chi connectivity index (χ1v) is 8.45. The van der Waals surface area contributed by atoms with Gasteiger partial charge in [0.15, 0.2) is 6.61 Å². The zero-order chi connectivity index (χ0) is 18.2. The van der Waals surface area contributed by atoms with E-state index in [1.54, 1.807) is 26.2 Å². The smallest absolute Gasteiger partial charge is 0.259 e. The number of para-hydroxylation sites is 2. The van der Waals surface area contributed by atoms with Gasteiger partial charge in [-0.25, -0.2) is 0 Å². The van der Waals surface area contributed by atoms with E-state index in [1.807, 2.05) is 36.4 Å². The van der Waals surface area contributed by atoms with Crippen molar-refractivity contribution in [1.82, 2.24) is 10.2 Å². The van der Waals surface area contributed by atoms with E-state index < -0.39 is 0 Å². The van der Waals surface area contributed by atoms with Crippen LogP contribution in [0.4, 0.5) is 0 Å². The predicted molar refractivity (Wildman–Crippen MR) is 98.6 cm³/mol. The summed E-state index contributed by atoms with van der Waals surface area (Å²) in [4.78, 5) is 13.3. The van der Waals surface area contributed by atoms with Gasteiger partial charge in [-0.3, -0.25) is 4.79 Å². The number of carbonyl (C=O) groups excluding carboxylic acids is 1. The Morgan fingerprint density at radius 1 is 1.16 bits per heavy atom. The summed E-state index contributed by atoms with van der Waals surface area (Å²) in [5, 5.41) is 13.4. The number of phenols is 1. The third-order valence-corrected chi connectivity index (χ3v) is 4.08. The average Bonchev–Trinajstić information content (AvgIpc) is 2.62. The molecule has 5 heteroatoms.